The summed E-state index contributed by atoms with van der Waals surface area (Å²) in [7, 11) is 1.53. The number of nitrogens with one attached hydrogen (secondary N) is 2. The Hall–Kier alpha value is -2.16. The molecule has 0 fully saturated rings. The van der Waals surface area contributed by atoms with Crippen molar-refractivity contribution in [2.24, 2.45) is 0 Å². The van der Waals surface area contributed by atoms with Gasteiger partial charge < -0.3 is 25.6 Å². The number of methoxy groups -OCH3 is 1. The highest BCUT2D eigenvalue weighted by atomic mass is 16.5. The van der Waals surface area contributed by atoms with Crippen LogP contribution >= 0.6 is 0 Å². The fourth-order valence-corrected chi connectivity index (χ4v) is 4.22. The molecule has 0 aromatic carbocycles. The Balaban J connectivity index is 3.53. The van der Waals surface area contributed by atoms with Gasteiger partial charge in [-0.1, -0.05) is 89.9 Å². The summed E-state index contributed by atoms with van der Waals surface area (Å²) in [5.41, 5.74) is 0. The number of hydrogen-bond acceptors (Lipinski definition) is 5. The van der Waals surface area contributed by atoms with E-state index in [9.17, 15) is 24.3 Å². The number of amides is 2. The van der Waals surface area contributed by atoms with Crippen LogP contribution in [0.25, 0.3) is 0 Å². The number of carbonyl (C=O) groups excluding carboxylic acids is 2. The van der Waals surface area contributed by atoms with Crippen molar-refractivity contribution in [3.8, 4) is 0 Å². The van der Waals surface area contributed by atoms with Crippen LogP contribution in [0.3, 0.4) is 0 Å². The lowest BCUT2D eigenvalue weighted by atomic mass is 10.0. The van der Waals surface area contributed by atoms with E-state index in [1.54, 1.807) is 0 Å². The average Bonchev–Trinajstić information content (AvgIpc) is 2.85. The van der Waals surface area contributed by atoms with Crippen molar-refractivity contribution in [3.05, 3.63) is 0 Å². The van der Waals surface area contributed by atoms with Crippen LogP contribution in [0.5, 0.6) is 0 Å². The lowest BCUT2D eigenvalue weighted by Gasteiger charge is -2.14. The molecule has 0 heterocycles. The molecular formula is C28H52N2O7. The van der Waals surface area contributed by atoms with Gasteiger partial charge in [0, 0.05) is 32.9 Å². The quantitative estimate of drug-likeness (QED) is 0.107. The minimum atomic E-state index is -1.12. The van der Waals surface area contributed by atoms with Crippen LogP contribution in [0.4, 0.5) is 0 Å². The van der Waals surface area contributed by atoms with Gasteiger partial charge in [-0.3, -0.25) is 14.4 Å². The van der Waals surface area contributed by atoms with Gasteiger partial charge in [0.05, 0.1) is 6.61 Å². The topological polar surface area (TPSA) is 142 Å². The van der Waals surface area contributed by atoms with Gasteiger partial charge >= 0.3 is 11.9 Å². The Kier molecular flexibility index (Phi) is 24.0. The number of rotatable bonds is 27. The molecule has 0 aliphatic rings. The van der Waals surface area contributed by atoms with Crippen molar-refractivity contribution in [1.82, 2.24) is 10.6 Å². The molecule has 0 spiro atoms. The largest absolute Gasteiger partial charge is 0.481 e. The summed E-state index contributed by atoms with van der Waals surface area (Å²) < 4.78 is 4.85. The molecule has 9 heteroatoms. The number of unbranched alkanes of at least 4 members (excludes halogenated alkanes) is 15. The first-order valence-electron chi connectivity index (χ1n) is 14.4. The molecule has 2 amide bonds. The van der Waals surface area contributed by atoms with E-state index < -0.39 is 18.0 Å². The van der Waals surface area contributed by atoms with Crippen LogP contribution < -0.4 is 10.6 Å². The second kappa shape index (κ2) is 25.5. The SMILES string of the molecule is COCCNC(=O)CC[C@H](NC(=O)CCCCCCCCCCCCCCCCCCC(=O)O)C(=O)O. The Morgan fingerprint density at radius 1 is 0.622 bits per heavy atom. The molecule has 9 nitrogen and oxygen atoms in total. The van der Waals surface area contributed by atoms with Gasteiger partial charge in [-0.15, -0.1) is 0 Å². The highest BCUT2D eigenvalue weighted by Gasteiger charge is 2.20. The minimum absolute atomic E-state index is 0.0402. The number of ether oxygens (including phenoxy) is 1. The van der Waals surface area contributed by atoms with Gasteiger partial charge in [0.1, 0.15) is 6.04 Å². The van der Waals surface area contributed by atoms with Crippen molar-refractivity contribution in [2.75, 3.05) is 20.3 Å². The lowest BCUT2D eigenvalue weighted by molar-refractivity contribution is -0.142. The van der Waals surface area contributed by atoms with Gasteiger partial charge in [-0.2, -0.15) is 0 Å². The summed E-state index contributed by atoms with van der Waals surface area (Å²) >= 11 is 0. The van der Waals surface area contributed by atoms with E-state index in [2.05, 4.69) is 10.6 Å². The van der Waals surface area contributed by atoms with Gasteiger partial charge in [0.2, 0.25) is 11.8 Å². The van der Waals surface area contributed by atoms with E-state index in [0.29, 0.717) is 26.0 Å². The summed E-state index contributed by atoms with van der Waals surface area (Å²) in [5, 5.41) is 23.1. The third-order valence-corrected chi connectivity index (χ3v) is 6.47. The molecule has 0 radical (unpaired) electrons. The predicted octanol–water partition coefficient (Wildman–Crippen LogP) is 5.21. The maximum atomic E-state index is 12.1. The maximum absolute atomic E-state index is 12.1. The number of hydrogen-bond donors (Lipinski definition) is 4. The molecular weight excluding hydrogens is 476 g/mol. The zero-order chi connectivity index (χ0) is 27.6. The third kappa shape index (κ3) is 25.3. The molecule has 0 aliphatic heterocycles. The van der Waals surface area contributed by atoms with Crippen LogP contribution in [-0.4, -0.2) is 60.3 Å². The monoisotopic (exact) mass is 528 g/mol. The summed E-state index contributed by atoms with van der Waals surface area (Å²) in [5.74, 6) is -2.34. The second-order valence-electron chi connectivity index (χ2n) is 9.89. The Morgan fingerprint density at radius 2 is 1.05 bits per heavy atom. The fraction of sp³-hybridized carbons (Fsp3) is 0.857. The van der Waals surface area contributed by atoms with E-state index in [0.717, 1.165) is 38.5 Å². The average molecular weight is 529 g/mol. The highest BCUT2D eigenvalue weighted by Crippen LogP contribution is 2.14. The van der Waals surface area contributed by atoms with Crippen LogP contribution in [0.1, 0.15) is 128 Å². The van der Waals surface area contributed by atoms with E-state index in [-0.39, 0.29) is 24.7 Å². The first-order valence-corrected chi connectivity index (χ1v) is 14.4. The number of aliphatic carboxylic acids is 2. The molecule has 0 bridgehead atoms. The summed E-state index contributed by atoms with van der Waals surface area (Å²) in [6.45, 7) is 0.771. The van der Waals surface area contributed by atoms with Crippen molar-refractivity contribution < 1.29 is 34.1 Å². The number of carboxylic acids is 2. The first kappa shape index (κ1) is 34.8. The molecule has 0 unspecified atom stereocenters. The summed E-state index contributed by atoms with van der Waals surface area (Å²) in [6, 6.07) is -1.05. The predicted molar refractivity (Wildman–Crippen MR) is 144 cm³/mol. The fourth-order valence-electron chi connectivity index (χ4n) is 4.22. The van der Waals surface area contributed by atoms with E-state index in [1.807, 2.05) is 0 Å². The third-order valence-electron chi connectivity index (χ3n) is 6.47. The van der Waals surface area contributed by atoms with Crippen LogP contribution in [-0.2, 0) is 23.9 Å². The number of carboxylic acid groups (broad SMARTS) is 2. The van der Waals surface area contributed by atoms with Gasteiger partial charge in [0.25, 0.3) is 0 Å². The normalized spacial score (nSPS) is 11.7. The molecule has 0 saturated heterocycles. The minimum Gasteiger partial charge on any atom is -0.481 e. The van der Waals surface area contributed by atoms with Crippen molar-refractivity contribution >= 4 is 23.8 Å². The van der Waals surface area contributed by atoms with Crippen molar-refractivity contribution in [1.29, 1.82) is 0 Å². The standard InChI is InChI=1S/C28H52N2O7/c1-37-23-22-29-25(31)21-20-24(28(35)36)30-26(32)18-16-14-12-10-8-6-4-2-3-5-7-9-11-13-15-17-19-27(33)34/h24H,2-23H2,1H3,(H,29,31)(H,30,32)(H,33,34)(H,35,36)/t24-/m0/s1. The summed E-state index contributed by atoms with van der Waals surface area (Å²) in [4.78, 5) is 45.6. The van der Waals surface area contributed by atoms with E-state index >= 15 is 0 Å². The molecule has 37 heavy (non-hydrogen) atoms. The summed E-state index contributed by atoms with van der Waals surface area (Å²) in [6.07, 6.45) is 19.0. The Bertz CT molecular complexity index is 613. The molecule has 0 aliphatic carbocycles. The van der Waals surface area contributed by atoms with Crippen molar-refractivity contribution in [2.45, 2.75) is 134 Å². The first-order chi connectivity index (χ1) is 17.9. The molecule has 0 aromatic heterocycles. The maximum Gasteiger partial charge on any atom is 0.326 e. The van der Waals surface area contributed by atoms with Crippen molar-refractivity contribution in [3.63, 3.8) is 0 Å². The van der Waals surface area contributed by atoms with Gasteiger partial charge in [-0.05, 0) is 19.3 Å². The molecule has 0 saturated carbocycles. The zero-order valence-electron chi connectivity index (χ0n) is 23.1. The molecule has 0 rings (SSSR count). The molecule has 4 N–H and O–H groups in total. The van der Waals surface area contributed by atoms with E-state index in [4.69, 9.17) is 9.84 Å². The lowest BCUT2D eigenvalue weighted by Crippen LogP contribution is -2.41. The molecule has 216 valence electrons. The Labute approximate surface area is 223 Å². The smallest absolute Gasteiger partial charge is 0.326 e. The van der Waals surface area contributed by atoms with Crippen LogP contribution in [0.15, 0.2) is 0 Å². The van der Waals surface area contributed by atoms with Gasteiger partial charge in [-0.25, -0.2) is 4.79 Å². The number of carbonyl (C=O) groups is 4. The van der Waals surface area contributed by atoms with Crippen LogP contribution in [0, 0.1) is 0 Å². The molecule has 0 aromatic rings. The molecule has 1 atom stereocenters. The Morgan fingerprint density at radius 3 is 1.46 bits per heavy atom. The van der Waals surface area contributed by atoms with Gasteiger partial charge in [0.15, 0.2) is 0 Å². The zero-order valence-corrected chi connectivity index (χ0v) is 23.1. The highest BCUT2D eigenvalue weighted by molar-refractivity contribution is 5.84. The van der Waals surface area contributed by atoms with E-state index in [1.165, 1.54) is 71.3 Å². The second-order valence-corrected chi connectivity index (χ2v) is 9.89. The van der Waals surface area contributed by atoms with Crippen LogP contribution in [0.2, 0.25) is 0 Å².